The Bertz CT molecular complexity index is 1200. The molecule has 0 spiro atoms. The number of hydrogen-bond acceptors (Lipinski definition) is 4. The van der Waals surface area contributed by atoms with Crippen LogP contribution in [-0.4, -0.2) is 47.9 Å². The van der Waals surface area contributed by atoms with E-state index in [-0.39, 0.29) is 40.4 Å². The summed E-state index contributed by atoms with van der Waals surface area (Å²) in [7, 11) is 2.85. The monoisotopic (exact) mass is 534 g/mol. The highest BCUT2D eigenvalue weighted by Gasteiger charge is 2.36. The van der Waals surface area contributed by atoms with Crippen LogP contribution in [0.15, 0.2) is 36.4 Å². The van der Waals surface area contributed by atoms with E-state index in [0.717, 1.165) is 42.7 Å². The Hall–Kier alpha value is -3.56. The third kappa shape index (κ3) is 6.46. The van der Waals surface area contributed by atoms with Gasteiger partial charge < -0.3 is 19.6 Å². The molecule has 10 heteroatoms. The van der Waals surface area contributed by atoms with E-state index in [0.29, 0.717) is 12.0 Å². The molecule has 1 N–H and O–H groups in total. The number of nitrogens with zero attached hydrogens (tertiary/aromatic N) is 2. The maximum Gasteiger partial charge on any atom is 0.420 e. The highest BCUT2D eigenvalue weighted by Crippen LogP contribution is 2.40. The smallest absolute Gasteiger partial charge is 0.420 e. The molecule has 0 bridgehead atoms. The number of anilines is 1. The molecule has 0 radical (unpaired) electrons. The molecule has 1 aliphatic carbocycles. The van der Waals surface area contributed by atoms with Gasteiger partial charge in [-0.15, -0.1) is 0 Å². The van der Waals surface area contributed by atoms with Gasteiger partial charge in [0.2, 0.25) is 5.91 Å². The number of aromatic carboxylic acids is 1. The molecule has 0 heterocycles. The first kappa shape index (κ1) is 29.0. The van der Waals surface area contributed by atoms with Gasteiger partial charge in [-0.2, -0.15) is 13.2 Å². The molecule has 0 aliphatic heterocycles. The van der Waals surface area contributed by atoms with Crippen LogP contribution >= 0.6 is 0 Å². The number of amides is 2. The van der Waals surface area contributed by atoms with Crippen LogP contribution in [0.1, 0.15) is 72.7 Å². The van der Waals surface area contributed by atoms with Crippen molar-refractivity contribution in [3.63, 3.8) is 0 Å². The Morgan fingerprint density at radius 3 is 2.16 bits per heavy atom. The van der Waals surface area contributed by atoms with Crippen LogP contribution < -0.4 is 9.64 Å². The summed E-state index contributed by atoms with van der Waals surface area (Å²) in [6, 6.07) is 6.44. The van der Waals surface area contributed by atoms with Crippen LogP contribution in [0.5, 0.6) is 11.5 Å². The first-order valence-corrected chi connectivity index (χ1v) is 12.5. The molecule has 1 fully saturated rings. The lowest BCUT2D eigenvalue weighted by molar-refractivity contribution is -0.138. The number of rotatable bonds is 7. The Morgan fingerprint density at radius 1 is 1.00 bits per heavy atom. The fourth-order valence-electron chi connectivity index (χ4n) is 4.67. The standard InChI is InChI=1S/C28H33F3N2O5/c1-16(2)33(26(35)18-8-6-17(3)7-9-18)23-12-11-20(15-21(23)27(36)37)38-24-13-10-19(25(34)32(4)5)14-22(24)28(29,30)31/h10-18H,6-9H2,1-5H3,(H,36,37)/t17-,18-. The number of carboxylic acid groups (broad SMARTS) is 1. The second kappa shape index (κ2) is 11.4. The van der Waals surface area contributed by atoms with Crippen molar-refractivity contribution < 1.29 is 37.4 Å². The molecule has 206 valence electrons. The number of alkyl halides is 3. The SMILES string of the molecule is CC(C)N(c1ccc(Oc2ccc(C(=O)N(C)C)cc2C(F)(F)F)cc1C(=O)O)C(=O)[C@H]1CC[C@H](C)CC1. The normalized spacial score (nSPS) is 17.7. The predicted molar refractivity (Wildman–Crippen MR) is 137 cm³/mol. The maximum atomic E-state index is 13.8. The Morgan fingerprint density at radius 2 is 1.63 bits per heavy atom. The summed E-state index contributed by atoms with van der Waals surface area (Å²) in [4.78, 5) is 40.4. The van der Waals surface area contributed by atoms with E-state index in [4.69, 9.17) is 4.74 Å². The summed E-state index contributed by atoms with van der Waals surface area (Å²) in [6.07, 6.45) is -1.55. The van der Waals surface area contributed by atoms with Gasteiger partial charge in [0.15, 0.2) is 0 Å². The van der Waals surface area contributed by atoms with Gasteiger partial charge in [0.25, 0.3) is 5.91 Å². The zero-order valence-electron chi connectivity index (χ0n) is 22.1. The van der Waals surface area contributed by atoms with Gasteiger partial charge in [-0.25, -0.2) is 4.79 Å². The van der Waals surface area contributed by atoms with E-state index in [1.807, 2.05) is 0 Å². The third-order valence-electron chi connectivity index (χ3n) is 6.74. The zero-order valence-corrected chi connectivity index (χ0v) is 22.1. The molecule has 2 aromatic carbocycles. The molecular formula is C28H33F3N2O5. The Labute approximate surface area is 220 Å². The number of carbonyl (C=O) groups is 3. The van der Waals surface area contributed by atoms with Gasteiger partial charge in [0.1, 0.15) is 11.5 Å². The van der Waals surface area contributed by atoms with E-state index in [1.54, 1.807) is 13.8 Å². The van der Waals surface area contributed by atoms with E-state index in [9.17, 15) is 32.7 Å². The van der Waals surface area contributed by atoms with Gasteiger partial charge >= 0.3 is 12.1 Å². The zero-order chi connectivity index (χ0) is 28.4. The molecule has 2 aromatic rings. The van der Waals surface area contributed by atoms with E-state index >= 15 is 0 Å². The molecule has 0 unspecified atom stereocenters. The predicted octanol–water partition coefficient (Wildman–Crippen LogP) is 6.47. The molecule has 2 amide bonds. The lowest BCUT2D eigenvalue weighted by Gasteiger charge is -2.34. The van der Waals surface area contributed by atoms with Crippen LogP contribution in [0, 0.1) is 11.8 Å². The van der Waals surface area contributed by atoms with Crippen LogP contribution in [-0.2, 0) is 11.0 Å². The topological polar surface area (TPSA) is 87.2 Å². The number of halogens is 3. The number of carboxylic acids is 1. The second-order valence-corrected chi connectivity index (χ2v) is 10.3. The van der Waals surface area contributed by atoms with Crippen LogP contribution in [0.2, 0.25) is 0 Å². The fourth-order valence-corrected chi connectivity index (χ4v) is 4.67. The minimum absolute atomic E-state index is 0.147. The summed E-state index contributed by atoms with van der Waals surface area (Å²) in [5.41, 5.74) is -1.44. The minimum Gasteiger partial charge on any atom is -0.478 e. The second-order valence-electron chi connectivity index (χ2n) is 10.3. The molecule has 3 rings (SSSR count). The van der Waals surface area contributed by atoms with Gasteiger partial charge in [0, 0.05) is 31.6 Å². The first-order valence-electron chi connectivity index (χ1n) is 12.5. The van der Waals surface area contributed by atoms with E-state index in [2.05, 4.69) is 6.92 Å². The van der Waals surface area contributed by atoms with Gasteiger partial charge in [-0.3, -0.25) is 9.59 Å². The first-order chi connectivity index (χ1) is 17.7. The molecule has 38 heavy (non-hydrogen) atoms. The molecule has 7 nitrogen and oxygen atoms in total. The molecular weight excluding hydrogens is 501 g/mol. The van der Waals surface area contributed by atoms with Crippen molar-refractivity contribution in [2.24, 2.45) is 11.8 Å². The van der Waals surface area contributed by atoms with Crippen molar-refractivity contribution in [3.8, 4) is 11.5 Å². The van der Waals surface area contributed by atoms with Crippen molar-refractivity contribution in [1.82, 2.24) is 4.90 Å². The highest BCUT2D eigenvalue weighted by atomic mass is 19.4. The molecule has 1 saturated carbocycles. The van der Waals surface area contributed by atoms with Crippen LogP contribution in [0.4, 0.5) is 18.9 Å². The van der Waals surface area contributed by atoms with Gasteiger partial charge in [0.05, 0.1) is 16.8 Å². The Balaban J connectivity index is 1.99. The van der Waals surface area contributed by atoms with Crippen molar-refractivity contribution in [2.75, 3.05) is 19.0 Å². The highest BCUT2D eigenvalue weighted by molar-refractivity contribution is 6.03. The Kier molecular flexibility index (Phi) is 8.74. The van der Waals surface area contributed by atoms with E-state index in [1.165, 1.54) is 37.2 Å². The number of ether oxygens (including phenoxy) is 1. The van der Waals surface area contributed by atoms with Gasteiger partial charge in [-0.1, -0.05) is 6.92 Å². The van der Waals surface area contributed by atoms with Crippen LogP contribution in [0.25, 0.3) is 0 Å². The fraction of sp³-hybridized carbons (Fsp3) is 0.464. The third-order valence-corrected chi connectivity index (χ3v) is 6.74. The summed E-state index contributed by atoms with van der Waals surface area (Å²) in [5, 5.41) is 9.93. The summed E-state index contributed by atoms with van der Waals surface area (Å²) in [6.45, 7) is 5.71. The lowest BCUT2D eigenvalue weighted by Crippen LogP contribution is -2.42. The van der Waals surface area contributed by atoms with Crippen molar-refractivity contribution in [3.05, 3.63) is 53.1 Å². The van der Waals surface area contributed by atoms with Gasteiger partial charge in [-0.05, 0) is 81.8 Å². The molecule has 1 aliphatic rings. The average molecular weight is 535 g/mol. The summed E-state index contributed by atoms with van der Waals surface area (Å²) >= 11 is 0. The quantitative estimate of drug-likeness (QED) is 0.440. The number of carbonyl (C=O) groups excluding carboxylic acids is 2. The minimum atomic E-state index is -4.83. The largest absolute Gasteiger partial charge is 0.478 e. The van der Waals surface area contributed by atoms with Crippen LogP contribution in [0.3, 0.4) is 0 Å². The molecule has 0 saturated heterocycles. The number of hydrogen-bond donors (Lipinski definition) is 1. The van der Waals surface area contributed by atoms with Crippen molar-refractivity contribution >= 4 is 23.5 Å². The maximum absolute atomic E-state index is 13.8. The number of benzene rings is 2. The summed E-state index contributed by atoms with van der Waals surface area (Å²) < 4.78 is 46.9. The molecule has 0 atom stereocenters. The van der Waals surface area contributed by atoms with Crippen molar-refractivity contribution in [2.45, 2.75) is 58.7 Å². The van der Waals surface area contributed by atoms with Crippen molar-refractivity contribution in [1.29, 1.82) is 0 Å². The lowest BCUT2D eigenvalue weighted by atomic mass is 9.82. The average Bonchev–Trinajstić information content (AvgIpc) is 2.84. The summed E-state index contributed by atoms with van der Waals surface area (Å²) in [5.74, 6) is -2.52. The molecule has 0 aromatic heterocycles. The van der Waals surface area contributed by atoms with E-state index < -0.39 is 29.4 Å².